The highest BCUT2D eigenvalue weighted by atomic mass is 16.6. The summed E-state index contributed by atoms with van der Waals surface area (Å²) in [4.78, 5) is 48.2. The molecule has 10 heteroatoms. The molecule has 1 heterocycles. The highest BCUT2D eigenvalue weighted by Gasteiger charge is 2.14. The second-order valence-electron chi connectivity index (χ2n) is 5.80. The largest absolute Gasteiger partial charge is 0.494 e. The molecular formula is C18H20N2O8. The summed E-state index contributed by atoms with van der Waals surface area (Å²) in [6.45, 7) is -0.650. The van der Waals surface area contributed by atoms with Crippen molar-refractivity contribution in [1.82, 2.24) is 9.55 Å². The zero-order valence-electron chi connectivity index (χ0n) is 14.9. The quantitative estimate of drug-likeness (QED) is 0.384. The van der Waals surface area contributed by atoms with Crippen molar-refractivity contribution in [3.8, 4) is 5.88 Å². The van der Waals surface area contributed by atoms with Crippen molar-refractivity contribution < 1.29 is 29.3 Å². The van der Waals surface area contributed by atoms with Gasteiger partial charge in [-0.2, -0.15) is 0 Å². The summed E-state index contributed by atoms with van der Waals surface area (Å²) >= 11 is 0. The standard InChI is InChI=1S/C18H20N2O8/c21-14(22)6-7-15(23)28-9-8-27-11-20-17(25)13(16(24)19-18(20)26)10-12-4-2-1-3-5-12/h1-5,24H,6-11H2,(H,19,26)(H,21,22). The highest BCUT2D eigenvalue weighted by molar-refractivity contribution is 5.76. The Morgan fingerprint density at radius 2 is 1.79 bits per heavy atom. The molecule has 1 aromatic heterocycles. The first-order valence-electron chi connectivity index (χ1n) is 8.42. The number of aliphatic carboxylic acids is 1. The van der Waals surface area contributed by atoms with E-state index in [2.05, 4.69) is 4.98 Å². The number of benzene rings is 1. The molecule has 0 amide bonds. The van der Waals surface area contributed by atoms with Crippen molar-refractivity contribution in [2.24, 2.45) is 0 Å². The number of hydrogen-bond acceptors (Lipinski definition) is 7. The van der Waals surface area contributed by atoms with Crippen molar-refractivity contribution >= 4 is 11.9 Å². The van der Waals surface area contributed by atoms with Gasteiger partial charge in [0.25, 0.3) is 5.56 Å². The van der Waals surface area contributed by atoms with Crippen molar-refractivity contribution in [1.29, 1.82) is 0 Å². The Kier molecular flexibility index (Phi) is 7.52. The van der Waals surface area contributed by atoms with Gasteiger partial charge in [0.05, 0.1) is 25.0 Å². The first-order valence-corrected chi connectivity index (χ1v) is 8.42. The van der Waals surface area contributed by atoms with Crippen LogP contribution in [0, 0.1) is 0 Å². The smallest absolute Gasteiger partial charge is 0.333 e. The molecular weight excluding hydrogens is 372 g/mol. The number of H-pyrrole nitrogens is 1. The summed E-state index contributed by atoms with van der Waals surface area (Å²) < 4.78 is 10.7. The molecule has 0 unspecified atom stereocenters. The number of carboxylic acids is 1. The van der Waals surface area contributed by atoms with E-state index >= 15 is 0 Å². The molecule has 150 valence electrons. The monoisotopic (exact) mass is 392 g/mol. The number of aromatic nitrogens is 2. The average molecular weight is 392 g/mol. The lowest BCUT2D eigenvalue weighted by atomic mass is 10.1. The van der Waals surface area contributed by atoms with Gasteiger partial charge in [0.15, 0.2) is 0 Å². The lowest BCUT2D eigenvalue weighted by molar-refractivity contribution is -0.149. The number of rotatable bonds is 10. The second-order valence-corrected chi connectivity index (χ2v) is 5.80. The maximum Gasteiger partial charge on any atom is 0.333 e. The predicted octanol–water partition coefficient (Wildman–Crippen LogP) is 0.215. The molecule has 0 fully saturated rings. The summed E-state index contributed by atoms with van der Waals surface area (Å²) in [5, 5.41) is 18.4. The van der Waals surface area contributed by atoms with E-state index in [0.29, 0.717) is 0 Å². The molecule has 2 rings (SSSR count). The number of ether oxygens (including phenoxy) is 2. The third kappa shape index (κ3) is 6.09. The third-order valence-corrected chi connectivity index (χ3v) is 3.74. The van der Waals surface area contributed by atoms with Crippen LogP contribution in [0.3, 0.4) is 0 Å². The average Bonchev–Trinajstić information content (AvgIpc) is 2.66. The number of carboxylic acid groups (broad SMARTS) is 1. The van der Waals surface area contributed by atoms with Crippen LogP contribution in [0.1, 0.15) is 24.0 Å². The van der Waals surface area contributed by atoms with Gasteiger partial charge in [-0.3, -0.25) is 19.4 Å². The summed E-state index contributed by atoms with van der Waals surface area (Å²) in [7, 11) is 0. The molecule has 0 atom stereocenters. The van der Waals surface area contributed by atoms with Crippen LogP contribution in [0.15, 0.2) is 39.9 Å². The maximum atomic E-state index is 12.5. The lowest BCUT2D eigenvalue weighted by Gasteiger charge is -2.10. The Bertz CT molecular complexity index is 933. The van der Waals surface area contributed by atoms with Crippen molar-refractivity contribution in [2.75, 3.05) is 13.2 Å². The Morgan fingerprint density at radius 1 is 1.07 bits per heavy atom. The van der Waals surface area contributed by atoms with Gasteiger partial charge in [0, 0.05) is 6.42 Å². The predicted molar refractivity (Wildman–Crippen MR) is 96.0 cm³/mol. The number of carbonyl (C=O) groups excluding carboxylic acids is 1. The molecule has 3 N–H and O–H groups in total. The van der Waals surface area contributed by atoms with E-state index in [9.17, 15) is 24.3 Å². The van der Waals surface area contributed by atoms with Crippen molar-refractivity contribution in [3.05, 3.63) is 62.3 Å². The van der Waals surface area contributed by atoms with E-state index in [1.807, 2.05) is 6.07 Å². The van der Waals surface area contributed by atoms with Crippen LogP contribution in [-0.2, 0) is 32.2 Å². The maximum absolute atomic E-state index is 12.5. The van der Waals surface area contributed by atoms with Crippen LogP contribution in [0.5, 0.6) is 5.88 Å². The van der Waals surface area contributed by atoms with E-state index in [0.717, 1.165) is 10.1 Å². The van der Waals surface area contributed by atoms with Crippen molar-refractivity contribution in [3.63, 3.8) is 0 Å². The molecule has 2 aromatic rings. The van der Waals surface area contributed by atoms with Crippen LogP contribution in [0.2, 0.25) is 0 Å². The topological polar surface area (TPSA) is 148 Å². The number of nitrogens with zero attached hydrogens (tertiary/aromatic N) is 1. The summed E-state index contributed by atoms with van der Waals surface area (Å²) in [6.07, 6.45) is -0.457. The van der Waals surface area contributed by atoms with Crippen molar-refractivity contribution in [2.45, 2.75) is 26.0 Å². The van der Waals surface area contributed by atoms with E-state index in [1.54, 1.807) is 24.3 Å². The molecule has 28 heavy (non-hydrogen) atoms. The Hall–Kier alpha value is -3.40. The van der Waals surface area contributed by atoms with Gasteiger partial charge in [0.1, 0.15) is 13.3 Å². The van der Waals surface area contributed by atoms with E-state index in [1.165, 1.54) is 0 Å². The van der Waals surface area contributed by atoms with Crippen LogP contribution < -0.4 is 11.2 Å². The molecule has 0 aliphatic carbocycles. The number of nitrogens with one attached hydrogen (secondary N) is 1. The van der Waals surface area contributed by atoms with E-state index in [-0.39, 0.29) is 38.0 Å². The van der Waals surface area contributed by atoms with Gasteiger partial charge in [-0.25, -0.2) is 9.36 Å². The molecule has 1 aromatic carbocycles. The molecule has 0 aliphatic heterocycles. The van der Waals surface area contributed by atoms with E-state index < -0.39 is 35.8 Å². The number of esters is 1. The fourth-order valence-electron chi connectivity index (χ4n) is 2.33. The molecule has 0 saturated heterocycles. The third-order valence-electron chi connectivity index (χ3n) is 3.74. The molecule has 0 spiro atoms. The number of aromatic hydroxyl groups is 1. The molecule has 0 saturated carbocycles. The zero-order valence-corrected chi connectivity index (χ0v) is 14.9. The molecule has 0 aliphatic rings. The van der Waals surface area contributed by atoms with Gasteiger partial charge in [-0.1, -0.05) is 30.3 Å². The Morgan fingerprint density at radius 3 is 2.46 bits per heavy atom. The fraction of sp³-hybridized carbons (Fsp3) is 0.333. The summed E-state index contributed by atoms with van der Waals surface area (Å²) in [6, 6.07) is 8.96. The SMILES string of the molecule is O=C(O)CCC(=O)OCCOCn1c(=O)[nH]c(O)c(Cc2ccccc2)c1=O. The normalized spacial score (nSPS) is 10.6. The summed E-state index contributed by atoms with van der Waals surface area (Å²) in [5.74, 6) is -2.29. The lowest BCUT2D eigenvalue weighted by Crippen LogP contribution is -2.38. The molecule has 10 nitrogen and oxygen atoms in total. The Labute approximate surface area is 159 Å². The minimum Gasteiger partial charge on any atom is -0.494 e. The second kappa shape index (κ2) is 10.1. The van der Waals surface area contributed by atoms with Crippen LogP contribution >= 0.6 is 0 Å². The fourth-order valence-corrected chi connectivity index (χ4v) is 2.33. The number of hydrogen-bond donors (Lipinski definition) is 3. The van der Waals surface area contributed by atoms with Gasteiger partial charge in [-0.05, 0) is 5.56 Å². The molecule has 0 radical (unpaired) electrons. The van der Waals surface area contributed by atoms with Crippen LogP contribution in [0.25, 0.3) is 0 Å². The molecule has 0 bridgehead atoms. The zero-order chi connectivity index (χ0) is 20.5. The first kappa shape index (κ1) is 20.9. The van der Waals surface area contributed by atoms with E-state index in [4.69, 9.17) is 14.6 Å². The van der Waals surface area contributed by atoms with Crippen LogP contribution in [0.4, 0.5) is 0 Å². The van der Waals surface area contributed by atoms with Gasteiger partial charge < -0.3 is 19.7 Å². The van der Waals surface area contributed by atoms with Gasteiger partial charge >= 0.3 is 17.6 Å². The van der Waals surface area contributed by atoms with Gasteiger partial charge in [0.2, 0.25) is 5.88 Å². The summed E-state index contributed by atoms with van der Waals surface area (Å²) in [5.41, 5.74) is -0.724. The highest BCUT2D eigenvalue weighted by Crippen LogP contribution is 2.12. The number of aromatic amines is 1. The minimum absolute atomic E-state index is 0.0227. The van der Waals surface area contributed by atoms with Crippen LogP contribution in [-0.4, -0.2) is 44.9 Å². The first-order chi connectivity index (χ1) is 13.4. The Balaban J connectivity index is 1.94. The van der Waals surface area contributed by atoms with Gasteiger partial charge in [-0.15, -0.1) is 0 Å². The number of carbonyl (C=O) groups is 2. The minimum atomic E-state index is -1.11.